The van der Waals surface area contributed by atoms with Gasteiger partial charge in [0.05, 0.1) is 38.9 Å². The van der Waals surface area contributed by atoms with Gasteiger partial charge in [0.2, 0.25) is 0 Å². The predicted octanol–water partition coefficient (Wildman–Crippen LogP) is 8.10. The molecule has 9 nitrogen and oxygen atoms in total. The van der Waals surface area contributed by atoms with Crippen LogP contribution in [0.15, 0.2) is 83.3 Å². The second-order valence-corrected chi connectivity index (χ2v) is 10.4. The van der Waals surface area contributed by atoms with Gasteiger partial charge in [0.15, 0.2) is 0 Å². The number of phenolic OH excluding ortho intramolecular Hbond substituents is 1. The predicted molar refractivity (Wildman–Crippen MR) is 190 cm³/mol. The van der Waals surface area contributed by atoms with E-state index in [2.05, 4.69) is 20.2 Å². The Bertz CT molecular complexity index is 1340. The molecule has 0 aliphatic carbocycles. The summed E-state index contributed by atoms with van der Waals surface area (Å²) in [5.74, 6) is 1.06. The summed E-state index contributed by atoms with van der Waals surface area (Å²) in [5, 5.41) is 34.6. The smallest absolute Gasteiger partial charge is 0.115 e. The molecule has 2 aromatic carbocycles. The second-order valence-electron chi connectivity index (χ2n) is 9.99. The molecule has 0 aliphatic rings. The van der Waals surface area contributed by atoms with Crippen molar-refractivity contribution < 1.29 is 21.1 Å². The zero-order valence-electron chi connectivity index (χ0n) is 27.3. The van der Waals surface area contributed by atoms with Crippen molar-refractivity contribution in [3.05, 3.63) is 90.0 Å². The first-order chi connectivity index (χ1) is 22.3. The van der Waals surface area contributed by atoms with Crippen molar-refractivity contribution >= 4 is 35.4 Å². The Morgan fingerprint density at radius 3 is 1.54 bits per heavy atom. The minimum absolute atomic E-state index is 0. The molecule has 0 saturated heterocycles. The minimum atomic E-state index is -1.00. The SMILES string of the molecule is C.Cn1cc(C=Nc2ccc(CO)cc2)cn1.Cn1cc(C=Nc2ccc(O)cc2)cn1.OCCCCCCCCCCCl.[2H]CF. The number of benzene rings is 2. The molecule has 0 radical (unpaired) electrons. The maximum absolute atomic E-state index is 9.96. The molecule has 2 heterocycles. The number of aromatic hydroxyl groups is 1. The molecule has 4 rings (SSSR count). The van der Waals surface area contributed by atoms with E-state index in [0.29, 0.717) is 6.61 Å². The third-order valence-electron chi connectivity index (χ3n) is 6.19. The van der Waals surface area contributed by atoms with E-state index < -0.39 is 7.15 Å². The average molecular weight is 660 g/mol. The molecule has 0 spiro atoms. The van der Waals surface area contributed by atoms with Gasteiger partial charge in [-0.1, -0.05) is 58.1 Å². The summed E-state index contributed by atoms with van der Waals surface area (Å²) >= 11 is 5.56. The van der Waals surface area contributed by atoms with Gasteiger partial charge in [-0.15, -0.1) is 11.6 Å². The highest BCUT2D eigenvalue weighted by molar-refractivity contribution is 6.17. The Kier molecular flexibility index (Phi) is 24.0. The van der Waals surface area contributed by atoms with Gasteiger partial charge in [0, 0.05) is 62.5 Å². The van der Waals surface area contributed by atoms with Crippen molar-refractivity contribution in [3.8, 4) is 5.75 Å². The molecular formula is C35H52ClFN6O3. The quantitative estimate of drug-likeness (QED) is 0.0717. The number of aryl methyl sites for hydroxylation is 2. The zero-order chi connectivity index (χ0) is 33.8. The lowest BCUT2D eigenvalue weighted by Gasteiger charge is -1.99. The number of hydrogen-bond acceptors (Lipinski definition) is 7. The Morgan fingerprint density at radius 2 is 1.17 bits per heavy atom. The van der Waals surface area contributed by atoms with Crippen LogP contribution in [0, 0.1) is 0 Å². The standard InChI is InChI=1S/C12H13N3O.C11H11N3O.C10H21ClO.CH3F.CH4/c1-15-8-11(7-14-15)6-13-12-4-2-10(9-16)3-5-12;1-14-8-9(7-13-14)6-12-10-2-4-11(15)5-3-10;11-9-7-5-3-1-2-4-6-8-10-12;1-2;/h2-8,16H,9H2,1H3;2-8,15H,1H3;12H,1-10H2;1H3;1H4/i;;;1D;. The van der Waals surface area contributed by atoms with Crippen molar-refractivity contribution in [1.29, 1.82) is 0 Å². The molecule has 254 valence electrons. The van der Waals surface area contributed by atoms with Crippen LogP contribution in [0.25, 0.3) is 0 Å². The monoisotopic (exact) mass is 659 g/mol. The number of aliphatic imine (C=N–C) groups is 2. The Labute approximate surface area is 280 Å². The van der Waals surface area contributed by atoms with Crippen molar-refractivity contribution in [2.24, 2.45) is 24.1 Å². The normalized spacial score (nSPS) is 10.6. The molecule has 11 heteroatoms. The zero-order valence-corrected chi connectivity index (χ0v) is 27.1. The highest BCUT2D eigenvalue weighted by Crippen LogP contribution is 2.16. The number of phenols is 1. The van der Waals surface area contributed by atoms with Crippen molar-refractivity contribution in [1.82, 2.24) is 19.6 Å². The van der Waals surface area contributed by atoms with Crippen LogP contribution in [0.5, 0.6) is 5.75 Å². The number of unbranched alkanes of at least 4 members (excludes halogenated alkanes) is 7. The third kappa shape index (κ3) is 20.2. The first kappa shape index (κ1) is 40.2. The maximum Gasteiger partial charge on any atom is 0.115 e. The van der Waals surface area contributed by atoms with Gasteiger partial charge in [-0.3, -0.25) is 23.7 Å². The second kappa shape index (κ2) is 27.5. The highest BCUT2D eigenvalue weighted by atomic mass is 35.5. The first-order valence-electron chi connectivity index (χ1n) is 15.6. The molecule has 0 aliphatic heterocycles. The lowest BCUT2D eigenvalue weighted by molar-refractivity contribution is 0.281. The number of halogens is 2. The van der Waals surface area contributed by atoms with E-state index in [1.807, 2.05) is 50.8 Å². The molecular weight excluding hydrogens is 607 g/mol. The summed E-state index contributed by atoms with van der Waals surface area (Å²) in [6.45, 7) is 0.416. The number of alkyl halides is 2. The molecule has 0 saturated carbocycles. The van der Waals surface area contributed by atoms with E-state index >= 15 is 0 Å². The van der Waals surface area contributed by atoms with E-state index in [1.165, 1.54) is 38.5 Å². The van der Waals surface area contributed by atoms with Crippen molar-refractivity contribution in [2.45, 2.75) is 65.4 Å². The minimum Gasteiger partial charge on any atom is -0.508 e. The molecule has 2 aromatic heterocycles. The first-order valence-corrected chi connectivity index (χ1v) is 15.4. The van der Waals surface area contributed by atoms with Gasteiger partial charge < -0.3 is 15.3 Å². The Balaban J connectivity index is 0.000000648. The summed E-state index contributed by atoms with van der Waals surface area (Å²) in [6, 6.07) is 14.2. The van der Waals surface area contributed by atoms with Gasteiger partial charge in [-0.2, -0.15) is 10.2 Å². The fourth-order valence-corrected chi connectivity index (χ4v) is 3.99. The van der Waals surface area contributed by atoms with Gasteiger partial charge in [0.25, 0.3) is 0 Å². The van der Waals surface area contributed by atoms with E-state index in [0.717, 1.165) is 46.8 Å². The van der Waals surface area contributed by atoms with Crippen molar-refractivity contribution in [2.75, 3.05) is 19.6 Å². The van der Waals surface area contributed by atoms with Crippen LogP contribution in [-0.4, -0.2) is 67.0 Å². The topological polar surface area (TPSA) is 121 Å². The van der Waals surface area contributed by atoms with Gasteiger partial charge in [-0.25, -0.2) is 0 Å². The van der Waals surface area contributed by atoms with Crippen LogP contribution in [0.4, 0.5) is 15.8 Å². The number of aromatic nitrogens is 4. The van der Waals surface area contributed by atoms with Crippen LogP contribution < -0.4 is 0 Å². The summed E-state index contributed by atoms with van der Waals surface area (Å²) in [6.07, 6.45) is 20.6. The van der Waals surface area contributed by atoms with Gasteiger partial charge in [0.1, 0.15) is 5.75 Å². The summed E-state index contributed by atoms with van der Waals surface area (Å²) < 4.78 is 19.0. The van der Waals surface area contributed by atoms with Crippen LogP contribution >= 0.6 is 11.6 Å². The summed E-state index contributed by atoms with van der Waals surface area (Å²) in [5.41, 5.74) is 4.47. The number of aliphatic hydroxyl groups excluding tert-OH is 2. The van der Waals surface area contributed by atoms with Crippen LogP contribution in [0.1, 0.15) is 76.9 Å². The fraction of sp³-hybridized carbons (Fsp3) is 0.429. The molecule has 46 heavy (non-hydrogen) atoms. The highest BCUT2D eigenvalue weighted by Gasteiger charge is 1.94. The van der Waals surface area contributed by atoms with Crippen LogP contribution in [0.3, 0.4) is 0 Å². The number of rotatable bonds is 14. The molecule has 3 N–H and O–H groups in total. The summed E-state index contributed by atoms with van der Waals surface area (Å²) in [7, 11) is 2.73. The molecule has 0 atom stereocenters. The van der Waals surface area contributed by atoms with E-state index in [-0.39, 0.29) is 19.8 Å². The number of hydrogen-bond donors (Lipinski definition) is 3. The largest absolute Gasteiger partial charge is 0.508 e. The number of aliphatic hydroxyl groups is 2. The lowest BCUT2D eigenvalue weighted by atomic mass is 10.1. The lowest BCUT2D eigenvalue weighted by Crippen LogP contribution is -1.84. The van der Waals surface area contributed by atoms with E-state index in [9.17, 15) is 4.39 Å². The molecule has 0 unspecified atom stereocenters. The van der Waals surface area contributed by atoms with Crippen molar-refractivity contribution in [3.63, 3.8) is 0 Å². The summed E-state index contributed by atoms with van der Waals surface area (Å²) in [4.78, 5) is 8.55. The van der Waals surface area contributed by atoms with Gasteiger partial charge in [-0.05, 0) is 54.8 Å². The Hall–Kier alpha value is -3.86. The maximum atomic E-state index is 9.96. The fourth-order valence-electron chi connectivity index (χ4n) is 3.80. The van der Waals surface area contributed by atoms with E-state index in [4.69, 9.17) is 28.3 Å². The van der Waals surface area contributed by atoms with Gasteiger partial charge >= 0.3 is 0 Å². The van der Waals surface area contributed by atoms with Crippen LogP contribution in [-0.2, 0) is 20.7 Å². The third-order valence-corrected chi connectivity index (χ3v) is 6.45. The molecule has 4 aromatic rings. The molecule has 0 fully saturated rings. The number of nitrogens with zero attached hydrogens (tertiary/aromatic N) is 6. The molecule has 0 amide bonds. The Morgan fingerprint density at radius 1 is 0.761 bits per heavy atom. The molecule has 0 bridgehead atoms. The average Bonchev–Trinajstić information content (AvgIpc) is 3.69. The van der Waals surface area contributed by atoms with Crippen LogP contribution in [0.2, 0.25) is 0 Å². The van der Waals surface area contributed by atoms with E-state index in [1.54, 1.807) is 58.5 Å².